The van der Waals surface area contributed by atoms with Crippen molar-refractivity contribution in [2.75, 3.05) is 0 Å². The normalized spacial score (nSPS) is 14.8. The first kappa shape index (κ1) is 21.9. The molecule has 5 heteroatoms. The summed E-state index contributed by atoms with van der Waals surface area (Å²) in [7, 11) is 0. The Morgan fingerprint density at radius 3 is 2.47 bits per heavy atom. The smallest absolute Gasteiger partial charge is 0.132 e. The maximum Gasteiger partial charge on any atom is 0.132 e. The number of allylic oxidation sites excluding steroid dienone is 1. The largest absolute Gasteiger partial charge is 0.508 e. The van der Waals surface area contributed by atoms with Crippen LogP contribution in [0.25, 0.3) is 11.6 Å². The lowest BCUT2D eigenvalue weighted by Gasteiger charge is -2.24. The van der Waals surface area contributed by atoms with E-state index in [1.54, 1.807) is 30.3 Å². The number of rotatable bonds is 9. The first-order chi connectivity index (χ1) is 14.5. The van der Waals surface area contributed by atoms with Gasteiger partial charge in [0.25, 0.3) is 0 Å². The summed E-state index contributed by atoms with van der Waals surface area (Å²) in [6.45, 7) is 3.77. The fraction of sp³-hybridized carbons (Fsp3) is 0.200. The van der Waals surface area contributed by atoms with Crippen molar-refractivity contribution in [2.45, 2.75) is 25.0 Å². The molecular formula is C25H25ClO4. The Balaban J connectivity index is 1.81. The van der Waals surface area contributed by atoms with E-state index in [-0.39, 0.29) is 5.75 Å². The minimum atomic E-state index is -0.969. The Hall–Kier alpha value is -2.79. The molecule has 3 aromatic rings. The van der Waals surface area contributed by atoms with Gasteiger partial charge in [-0.1, -0.05) is 48.0 Å². The summed E-state index contributed by atoms with van der Waals surface area (Å²) in [5.41, 5.74) is 2.77. The van der Waals surface area contributed by atoms with Crippen LogP contribution < -0.4 is 0 Å². The molecule has 1 heterocycles. The maximum atomic E-state index is 10.8. The Labute approximate surface area is 181 Å². The molecule has 0 saturated carbocycles. The number of phenols is 1. The molecule has 0 bridgehead atoms. The summed E-state index contributed by atoms with van der Waals surface area (Å²) >= 11 is 6.28. The summed E-state index contributed by atoms with van der Waals surface area (Å²) < 4.78 is 5.27. The number of halogens is 1. The van der Waals surface area contributed by atoms with Crippen LogP contribution in [-0.2, 0) is 0 Å². The minimum Gasteiger partial charge on any atom is -0.508 e. The van der Waals surface area contributed by atoms with Crippen molar-refractivity contribution in [3.05, 3.63) is 101 Å². The summed E-state index contributed by atoms with van der Waals surface area (Å²) in [4.78, 5) is 0. The summed E-state index contributed by atoms with van der Waals surface area (Å²) in [5, 5.41) is 31.4. The van der Waals surface area contributed by atoms with Gasteiger partial charge in [-0.2, -0.15) is 0 Å². The van der Waals surface area contributed by atoms with Crippen LogP contribution >= 0.6 is 11.6 Å². The number of benzene rings is 2. The topological polar surface area (TPSA) is 73.8 Å². The van der Waals surface area contributed by atoms with Crippen molar-refractivity contribution in [3.8, 4) is 5.75 Å². The third-order valence-electron chi connectivity index (χ3n) is 5.08. The number of hydrogen-bond acceptors (Lipinski definition) is 4. The molecule has 1 aromatic heterocycles. The monoisotopic (exact) mass is 424 g/mol. The average molecular weight is 425 g/mol. The van der Waals surface area contributed by atoms with Gasteiger partial charge < -0.3 is 19.7 Å². The van der Waals surface area contributed by atoms with E-state index in [4.69, 9.17) is 16.0 Å². The number of furan rings is 1. The highest BCUT2D eigenvalue weighted by molar-refractivity contribution is 6.32. The van der Waals surface area contributed by atoms with Crippen LogP contribution in [0.4, 0.5) is 0 Å². The van der Waals surface area contributed by atoms with Crippen LogP contribution in [0.2, 0.25) is 5.02 Å². The second-order valence-electron chi connectivity index (χ2n) is 7.12. The van der Waals surface area contributed by atoms with Crippen molar-refractivity contribution in [1.29, 1.82) is 0 Å². The molecule has 0 spiro atoms. The summed E-state index contributed by atoms with van der Waals surface area (Å²) in [5.74, 6) is -0.0614. The quantitative estimate of drug-likeness (QED) is 0.297. The Bertz CT molecular complexity index is 980. The Kier molecular flexibility index (Phi) is 7.52. The van der Waals surface area contributed by atoms with Gasteiger partial charge in [0.1, 0.15) is 17.6 Å². The van der Waals surface area contributed by atoms with Gasteiger partial charge >= 0.3 is 0 Å². The predicted molar refractivity (Wildman–Crippen MR) is 120 cm³/mol. The highest BCUT2D eigenvalue weighted by Gasteiger charge is 2.27. The van der Waals surface area contributed by atoms with Crippen molar-refractivity contribution in [2.24, 2.45) is 5.92 Å². The van der Waals surface area contributed by atoms with Crippen LogP contribution in [0.3, 0.4) is 0 Å². The Morgan fingerprint density at radius 2 is 1.83 bits per heavy atom. The lowest BCUT2D eigenvalue weighted by molar-refractivity contribution is 0.0214. The average Bonchev–Trinajstić information content (AvgIpc) is 3.28. The molecule has 0 amide bonds. The van der Waals surface area contributed by atoms with Crippen LogP contribution in [-0.4, -0.2) is 21.4 Å². The van der Waals surface area contributed by atoms with Gasteiger partial charge in [0.05, 0.1) is 17.4 Å². The van der Waals surface area contributed by atoms with Gasteiger partial charge in [0, 0.05) is 5.92 Å². The zero-order valence-corrected chi connectivity index (χ0v) is 17.2. The van der Waals surface area contributed by atoms with E-state index in [1.807, 2.05) is 36.4 Å². The molecule has 3 atom stereocenters. The molecule has 2 aromatic carbocycles. The number of phenolic OH excluding ortho intramolecular Hbond substituents is 1. The number of aromatic hydroxyl groups is 1. The van der Waals surface area contributed by atoms with Crippen LogP contribution in [0.15, 0.2) is 84.0 Å². The Morgan fingerprint density at radius 1 is 1.07 bits per heavy atom. The van der Waals surface area contributed by atoms with Gasteiger partial charge in [-0.05, 0) is 65.9 Å². The molecule has 3 rings (SSSR count). The van der Waals surface area contributed by atoms with E-state index in [2.05, 4.69) is 6.58 Å². The summed E-state index contributed by atoms with van der Waals surface area (Å²) in [6, 6.07) is 18.0. The van der Waals surface area contributed by atoms with Crippen molar-refractivity contribution < 1.29 is 19.7 Å². The lowest BCUT2D eigenvalue weighted by Crippen LogP contribution is -2.24. The second-order valence-corrected chi connectivity index (χ2v) is 7.53. The van der Waals surface area contributed by atoms with Gasteiger partial charge in [-0.15, -0.1) is 6.58 Å². The first-order valence-corrected chi connectivity index (χ1v) is 10.1. The van der Waals surface area contributed by atoms with Gasteiger partial charge in [-0.25, -0.2) is 0 Å². The zero-order chi connectivity index (χ0) is 21.5. The van der Waals surface area contributed by atoms with Crippen LogP contribution in [0.5, 0.6) is 5.75 Å². The van der Waals surface area contributed by atoms with Crippen molar-refractivity contribution in [3.63, 3.8) is 0 Å². The van der Waals surface area contributed by atoms with Crippen molar-refractivity contribution >= 4 is 23.3 Å². The molecular weight excluding hydrogens is 400 g/mol. The number of aliphatic hydroxyl groups is 2. The number of hydrogen-bond donors (Lipinski definition) is 3. The van der Waals surface area contributed by atoms with E-state index >= 15 is 0 Å². The molecule has 0 fully saturated rings. The molecule has 4 nitrogen and oxygen atoms in total. The molecule has 0 aliphatic rings. The molecule has 0 saturated heterocycles. The lowest BCUT2D eigenvalue weighted by atomic mass is 9.89. The zero-order valence-electron chi connectivity index (χ0n) is 16.5. The molecule has 156 valence electrons. The highest BCUT2D eigenvalue weighted by Crippen LogP contribution is 2.32. The maximum absolute atomic E-state index is 10.8. The van der Waals surface area contributed by atoms with Gasteiger partial charge in [0.2, 0.25) is 0 Å². The molecule has 0 aliphatic carbocycles. The van der Waals surface area contributed by atoms with Crippen molar-refractivity contribution in [1.82, 2.24) is 0 Å². The van der Waals surface area contributed by atoms with E-state index in [0.29, 0.717) is 23.6 Å². The molecule has 0 aliphatic heterocycles. The molecule has 0 unspecified atom stereocenters. The standard InChI is InChI=1S/C25H25ClO4/c1-2-21(25(29)24-9-6-14-30-24)23(28)13-11-18(17-7-4-3-5-8-17)15-19-10-12-20(27)16-22(19)26/h2-10,12,14-16,21,23,25,27-29H,1,11,13H2/b18-15-/t21-,23-,25+/m1/s1. The third kappa shape index (κ3) is 5.42. The van der Waals surface area contributed by atoms with Crippen LogP contribution in [0.1, 0.15) is 35.8 Å². The molecule has 30 heavy (non-hydrogen) atoms. The summed E-state index contributed by atoms with van der Waals surface area (Å²) in [6.07, 6.45) is 4.18. The molecule has 0 radical (unpaired) electrons. The third-order valence-corrected chi connectivity index (χ3v) is 5.41. The minimum absolute atomic E-state index is 0.106. The first-order valence-electron chi connectivity index (χ1n) is 9.76. The molecule has 3 N–H and O–H groups in total. The highest BCUT2D eigenvalue weighted by atomic mass is 35.5. The second kappa shape index (κ2) is 10.3. The van der Waals surface area contributed by atoms with E-state index in [9.17, 15) is 15.3 Å². The fourth-order valence-electron chi connectivity index (χ4n) is 3.41. The number of aliphatic hydroxyl groups excluding tert-OH is 2. The van der Waals surface area contributed by atoms with Gasteiger partial charge in [-0.3, -0.25) is 0 Å². The van der Waals surface area contributed by atoms with E-state index in [1.165, 1.54) is 12.3 Å². The SMILES string of the molecule is C=C[C@H]([C@H](O)CC/C(=C/c1ccc(O)cc1Cl)c1ccccc1)[C@H](O)c1ccco1. The van der Waals surface area contributed by atoms with Gasteiger partial charge in [0.15, 0.2) is 0 Å². The van der Waals surface area contributed by atoms with Crippen LogP contribution in [0, 0.1) is 5.92 Å². The van der Waals surface area contributed by atoms with E-state index in [0.717, 1.165) is 16.7 Å². The van der Waals surface area contributed by atoms with E-state index < -0.39 is 18.1 Å². The fourth-order valence-corrected chi connectivity index (χ4v) is 3.64. The predicted octanol–water partition coefficient (Wildman–Crippen LogP) is 5.86.